The predicted molar refractivity (Wildman–Crippen MR) is 122 cm³/mol. The third-order valence-corrected chi connectivity index (χ3v) is 7.33. The number of thiocarbonyl (C=S) groups is 1. The van der Waals surface area contributed by atoms with Gasteiger partial charge in [0.1, 0.15) is 17.5 Å². The molecule has 1 aliphatic rings. The van der Waals surface area contributed by atoms with Crippen LogP contribution < -0.4 is 0 Å². The van der Waals surface area contributed by atoms with E-state index in [0.29, 0.717) is 17.2 Å². The molecular weight excluding hydrogens is 402 g/mol. The summed E-state index contributed by atoms with van der Waals surface area (Å²) in [6, 6.07) is 12.4. The Bertz CT molecular complexity index is 781. The van der Waals surface area contributed by atoms with Crippen molar-refractivity contribution in [2.75, 3.05) is 13.2 Å². The Kier molecular flexibility index (Phi) is 7.53. The van der Waals surface area contributed by atoms with Crippen molar-refractivity contribution < 1.29 is 14.3 Å². The van der Waals surface area contributed by atoms with E-state index in [0.717, 1.165) is 5.56 Å². The molecule has 0 bridgehead atoms. The molecule has 0 radical (unpaired) electrons. The minimum Gasteiger partial charge on any atom is -0.462 e. The van der Waals surface area contributed by atoms with Crippen molar-refractivity contribution in [1.82, 2.24) is 0 Å². The SMILES string of the molecule is CC(C(=S)SC(C)(C)C#N)C(C)(CC(C)(C)c1ccccc1)C(=O)OCC1CO1. The first kappa shape index (κ1) is 23.9. The van der Waals surface area contributed by atoms with Crippen molar-refractivity contribution in [3.63, 3.8) is 0 Å². The molecule has 1 aromatic rings. The van der Waals surface area contributed by atoms with Gasteiger partial charge >= 0.3 is 5.97 Å². The van der Waals surface area contributed by atoms with Crippen LogP contribution in [0.5, 0.6) is 0 Å². The van der Waals surface area contributed by atoms with Crippen molar-refractivity contribution in [1.29, 1.82) is 5.26 Å². The van der Waals surface area contributed by atoms with Gasteiger partial charge in [-0.1, -0.05) is 75.1 Å². The van der Waals surface area contributed by atoms with Gasteiger partial charge in [-0.25, -0.2) is 0 Å². The van der Waals surface area contributed by atoms with Gasteiger partial charge in [0, 0.05) is 5.92 Å². The lowest BCUT2D eigenvalue weighted by atomic mass is 9.66. The number of epoxide rings is 1. The van der Waals surface area contributed by atoms with E-state index < -0.39 is 10.2 Å². The molecule has 1 heterocycles. The molecule has 1 saturated heterocycles. The van der Waals surface area contributed by atoms with Crippen LogP contribution in [0, 0.1) is 22.7 Å². The summed E-state index contributed by atoms with van der Waals surface area (Å²) in [7, 11) is 0. The zero-order valence-electron chi connectivity index (χ0n) is 18.2. The number of benzene rings is 1. The van der Waals surface area contributed by atoms with Crippen molar-refractivity contribution in [2.45, 2.75) is 64.2 Å². The second kappa shape index (κ2) is 9.16. The highest BCUT2D eigenvalue weighted by Crippen LogP contribution is 2.45. The summed E-state index contributed by atoms with van der Waals surface area (Å²) in [5.74, 6) is -0.507. The Labute approximate surface area is 184 Å². The van der Waals surface area contributed by atoms with E-state index in [1.165, 1.54) is 11.8 Å². The number of rotatable bonds is 9. The highest BCUT2D eigenvalue weighted by atomic mass is 32.2. The van der Waals surface area contributed by atoms with E-state index in [4.69, 9.17) is 21.7 Å². The fraction of sp³-hybridized carbons (Fsp3) is 0.609. The molecule has 4 nitrogen and oxygen atoms in total. The first-order valence-corrected chi connectivity index (χ1v) is 11.1. The third-order valence-electron chi connectivity index (χ3n) is 5.57. The topological polar surface area (TPSA) is 62.6 Å². The van der Waals surface area contributed by atoms with Gasteiger partial charge < -0.3 is 9.47 Å². The van der Waals surface area contributed by atoms with Crippen LogP contribution in [0.4, 0.5) is 0 Å². The lowest BCUT2D eigenvalue weighted by molar-refractivity contribution is -0.158. The summed E-state index contributed by atoms with van der Waals surface area (Å²) < 4.78 is 10.8. The van der Waals surface area contributed by atoms with Gasteiger partial charge in [0.2, 0.25) is 0 Å². The minimum atomic E-state index is -0.830. The Hall–Kier alpha value is -1.42. The minimum absolute atomic E-state index is 0.0134. The van der Waals surface area contributed by atoms with E-state index in [1.807, 2.05) is 45.9 Å². The molecule has 1 aromatic carbocycles. The average Bonchev–Trinajstić information content (AvgIpc) is 3.49. The van der Waals surface area contributed by atoms with Crippen LogP contribution in [0.2, 0.25) is 0 Å². The van der Waals surface area contributed by atoms with Crippen molar-refractivity contribution in [3.8, 4) is 6.07 Å². The summed E-state index contributed by atoms with van der Waals surface area (Å²) in [5, 5.41) is 9.39. The molecule has 158 valence electrons. The number of carbonyl (C=O) groups is 1. The van der Waals surface area contributed by atoms with Crippen LogP contribution >= 0.6 is 24.0 Å². The number of esters is 1. The molecule has 0 N–H and O–H groups in total. The normalized spacial score (nSPS) is 19.6. The molecule has 0 amide bonds. The van der Waals surface area contributed by atoms with E-state index in [-0.39, 0.29) is 30.0 Å². The maximum atomic E-state index is 13.3. The molecular formula is C23H31NO3S2. The molecule has 3 atom stereocenters. The summed E-state index contributed by atoms with van der Waals surface area (Å²) in [5.41, 5.74) is 0.0708. The van der Waals surface area contributed by atoms with Crippen LogP contribution in [0.15, 0.2) is 30.3 Å². The van der Waals surface area contributed by atoms with Crippen molar-refractivity contribution in [2.24, 2.45) is 11.3 Å². The van der Waals surface area contributed by atoms with Crippen LogP contribution in [0.1, 0.15) is 53.5 Å². The number of nitrogens with zero attached hydrogens (tertiary/aromatic N) is 1. The smallest absolute Gasteiger partial charge is 0.312 e. The Morgan fingerprint density at radius 1 is 1.31 bits per heavy atom. The third kappa shape index (κ3) is 6.28. The van der Waals surface area contributed by atoms with E-state index in [9.17, 15) is 10.1 Å². The predicted octanol–water partition coefficient (Wildman–Crippen LogP) is 5.30. The van der Waals surface area contributed by atoms with Gasteiger partial charge in [-0.05, 0) is 38.2 Å². The molecule has 0 saturated carbocycles. The first-order valence-electron chi connectivity index (χ1n) is 9.90. The number of carbonyl (C=O) groups excluding carboxylic acids is 1. The average molecular weight is 434 g/mol. The molecule has 1 fully saturated rings. The lowest BCUT2D eigenvalue weighted by Crippen LogP contribution is -2.44. The van der Waals surface area contributed by atoms with Crippen LogP contribution in [0.25, 0.3) is 0 Å². The fourth-order valence-electron chi connectivity index (χ4n) is 3.43. The number of hydrogen-bond donors (Lipinski definition) is 0. The van der Waals surface area contributed by atoms with Crippen molar-refractivity contribution in [3.05, 3.63) is 35.9 Å². The van der Waals surface area contributed by atoms with Gasteiger partial charge in [-0.2, -0.15) is 5.26 Å². The van der Waals surface area contributed by atoms with E-state index >= 15 is 0 Å². The first-order chi connectivity index (χ1) is 13.4. The molecule has 0 aliphatic carbocycles. The van der Waals surface area contributed by atoms with Gasteiger partial charge in [0.15, 0.2) is 0 Å². The molecule has 2 rings (SSSR count). The van der Waals surface area contributed by atoms with Gasteiger partial charge in [-0.15, -0.1) is 0 Å². The molecule has 0 aromatic heterocycles. The molecule has 0 spiro atoms. The van der Waals surface area contributed by atoms with Crippen molar-refractivity contribution >= 4 is 34.1 Å². The highest BCUT2D eigenvalue weighted by molar-refractivity contribution is 8.24. The summed E-state index contributed by atoms with van der Waals surface area (Å²) in [6.07, 6.45) is 0.586. The zero-order valence-corrected chi connectivity index (χ0v) is 19.8. The second-order valence-electron chi connectivity index (χ2n) is 9.16. The van der Waals surface area contributed by atoms with Crippen LogP contribution in [-0.4, -0.2) is 34.2 Å². The monoisotopic (exact) mass is 433 g/mol. The Morgan fingerprint density at radius 3 is 2.41 bits per heavy atom. The van der Waals surface area contributed by atoms with Gasteiger partial charge in [0.05, 0.1) is 22.3 Å². The quantitative estimate of drug-likeness (QED) is 0.299. The molecule has 1 aliphatic heterocycles. The summed E-state index contributed by atoms with van der Waals surface area (Å²) in [6.45, 7) is 12.8. The number of ether oxygens (including phenoxy) is 2. The molecule has 6 heteroatoms. The molecule has 29 heavy (non-hydrogen) atoms. The second-order valence-corrected chi connectivity index (χ2v) is 11.5. The maximum Gasteiger partial charge on any atom is 0.312 e. The number of thioether (sulfide) groups is 1. The van der Waals surface area contributed by atoms with E-state index in [1.54, 1.807) is 0 Å². The zero-order chi connectivity index (χ0) is 21.9. The summed E-state index contributed by atoms with van der Waals surface area (Å²) >= 11 is 7.04. The Morgan fingerprint density at radius 2 is 1.90 bits per heavy atom. The van der Waals surface area contributed by atoms with Crippen LogP contribution in [0.3, 0.4) is 0 Å². The standard InChI is InChI=1S/C23H31NO3S2/c1-16(19(28)29-22(4,5)15-24)23(6,20(25)27-13-18-12-26-18)14-21(2,3)17-10-8-7-9-11-17/h7-11,16,18H,12-14H2,1-6H3. The number of nitriles is 1. The lowest BCUT2D eigenvalue weighted by Gasteiger charge is -2.40. The van der Waals surface area contributed by atoms with Gasteiger partial charge in [0.25, 0.3) is 0 Å². The highest BCUT2D eigenvalue weighted by Gasteiger charge is 2.47. The van der Waals surface area contributed by atoms with E-state index in [2.05, 4.69) is 32.0 Å². The summed E-state index contributed by atoms with van der Waals surface area (Å²) in [4.78, 5) is 13.3. The van der Waals surface area contributed by atoms with Crippen LogP contribution in [-0.2, 0) is 19.7 Å². The largest absolute Gasteiger partial charge is 0.462 e. The Balaban J connectivity index is 2.30. The maximum absolute atomic E-state index is 13.3. The molecule has 3 unspecified atom stereocenters. The van der Waals surface area contributed by atoms with Gasteiger partial charge in [-0.3, -0.25) is 4.79 Å². The number of hydrogen-bond acceptors (Lipinski definition) is 6. The fourth-order valence-corrected chi connectivity index (χ4v) is 5.30.